The van der Waals surface area contributed by atoms with Crippen LogP contribution >= 0.6 is 11.3 Å². The number of carbonyl (C=O) groups excluding carboxylic acids is 1. The van der Waals surface area contributed by atoms with Gasteiger partial charge in [-0.2, -0.15) is 0 Å². The fourth-order valence-corrected chi connectivity index (χ4v) is 7.00. The first-order valence-electron chi connectivity index (χ1n) is 11.9. The first-order valence-corrected chi connectivity index (χ1v) is 12.8. The van der Waals surface area contributed by atoms with Crippen molar-refractivity contribution in [3.8, 4) is 0 Å². The average Bonchev–Trinajstić information content (AvgIpc) is 3.58. The van der Waals surface area contributed by atoms with Gasteiger partial charge >= 0.3 is 5.97 Å². The highest BCUT2D eigenvalue weighted by Crippen LogP contribution is 2.43. The molecular formula is C25H34NO4S+. The number of quaternary nitrogens is 1. The number of aliphatic hydroxyl groups is 1. The van der Waals surface area contributed by atoms with Crippen molar-refractivity contribution in [1.82, 2.24) is 0 Å². The molecule has 0 radical (unpaired) electrons. The van der Waals surface area contributed by atoms with Crippen molar-refractivity contribution in [3.63, 3.8) is 0 Å². The monoisotopic (exact) mass is 444 g/mol. The van der Waals surface area contributed by atoms with E-state index in [1.54, 1.807) is 12.1 Å². The minimum atomic E-state index is -1.66. The third-order valence-corrected chi connectivity index (χ3v) is 9.03. The molecule has 1 aliphatic carbocycles. The normalized spacial score (nSPS) is 30.4. The van der Waals surface area contributed by atoms with Gasteiger partial charge in [0.15, 0.2) is 6.10 Å². The Morgan fingerprint density at radius 3 is 2.68 bits per heavy atom. The maximum Gasteiger partial charge on any atom is 0.346 e. The van der Waals surface area contributed by atoms with Gasteiger partial charge in [-0.15, -0.1) is 11.3 Å². The second kappa shape index (κ2) is 8.72. The molecule has 6 rings (SSSR count). The molecule has 2 atom stereocenters. The lowest BCUT2D eigenvalue weighted by molar-refractivity contribution is -0.946. The maximum absolute atomic E-state index is 13.4. The van der Waals surface area contributed by atoms with Crippen LogP contribution in [0.4, 0.5) is 0 Å². The van der Waals surface area contributed by atoms with Crippen LogP contribution in [0, 0.1) is 11.8 Å². The van der Waals surface area contributed by atoms with Gasteiger partial charge in [0.2, 0.25) is 5.60 Å². The Kier molecular flexibility index (Phi) is 5.97. The number of hydrogen-bond donors (Lipinski definition) is 1. The molecule has 1 N–H and O–H groups in total. The molecule has 0 amide bonds. The van der Waals surface area contributed by atoms with Gasteiger partial charge in [0.1, 0.15) is 12.3 Å². The van der Waals surface area contributed by atoms with Crippen molar-refractivity contribution in [2.75, 3.05) is 26.2 Å². The van der Waals surface area contributed by atoms with Crippen molar-refractivity contribution in [1.29, 1.82) is 0 Å². The van der Waals surface area contributed by atoms with Gasteiger partial charge < -0.3 is 18.7 Å². The molecule has 2 aromatic rings. The van der Waals surface area contributed by atoms with E-state index >= 15 is 0 Å². The van der Waals surface area contributed by atoms with Crippen LogP contribution in [0.1, 0.15) is 55.6 Å². The number of hydrogen-bond acceptors (Lipinski definition) is 5. The molecule has 2 bridgehead atoms. The van der Waals surface area contributed by atoms with Crippen molar-refractivity contribution in [3.05, 3.63) is 46.5 Å². The van der Waals surface area contributed by atoms with Crippen LogP contribution in [0.5, 0.6) is 0 Å². The predicted molar refractivity (Wildman–Crippen MR) is 120 cm³/mol. The summed E-state index contributed by atoms with van der Waals surface area (Å²) in [7, 11) is 0. The van der Waals surface area contributed by atoms with E-state index in [9.17, 15) is 9.90 Å². The third kappa shape index (κ3) is 4.10. The van der Waals surface area contributed by atoms with E-state index in [-0.39, 0.29) is 12.0 Å². The minimum Gasteiger partial charge on any atom is -0.466 e. The highest BCUT2D eigenvalue weighted by Gasteiger charge is 2.53. The molecular weight excluding hydrogens is 410 g/mol. The van der Waals surface area contributed by atoms with E-state index in [1.165, 1.54) is 30.7 Å². The van der Waals surface area contributed by atoms with Crippen LogP contribution in [0.25, 0.3) is 0 Å². The molecule has 31 heavy (non-hydrogen) atoms. The van der Waals surface area contributed by atoms with Crippen LogP contribution in [0.2, 0.25) is 0 Å². The summed E-state index contributed by atoms with van der Waals surface area (Å²) in [4.78, 5) is 14.9. The SMILES string of the molecule is O=C(O[C@H]1C[N+]2(CCCc3cccs3)CCC1CC2)[C@@](O)(c1ccco1)C1CCCC1. The van der Waals surface area contributed by atoms with Crippen LogP contribution in [-0.4, -0.2) is 47.8 Å². The standard InChI is InChI=1S/C25H34NO4S/c27-24(25(28,20-6-1-2-7-20)23-10-4-16-29-23)30-22-18-26(14-11-19(22)12-15-26)13-3-8-21-9-5-17-31-21/h4-5,9-10,16-17,19-20,22,28H,1-3,6-8,11-15,18H2/q+1/t19?,22-,25-,26?/m0/s1. The summed E-state index contributed by atoms with van der Waals surface area (Å²) < 4.78 is 12.7. The molecule has 4 fully saturated rings. The van der Waals surface area contributed by atoms with Gasteiger partial charge in [-0.05, 0) is 42.8 Å². The van der Waals surface area contributed by atoms with Gasteiger partial charge in [-0.1, -0.05) is 18.9 Å². The van der Waals surface area contributed by atoms with Crippen molar-refractivity contribution >= 4 is 17.3 Å². The number of furan rings is 1. The molecule has 4 aliphatic rings. The molecule has 0 aromatic carbocycles. The highest BCUT2D eigenvalue weighted by molar-refractivity contribution is 7.09. The van der Waals surface area contributed by atoms with Gasteiger partial charge in [0.05, 0.1) is 25.9 Å². The van der Waals surface area contributed by atoms with Gasteiger partial charge in [0.25, 0.3) is 0 Å². The van der Waals surface area contributed by atoms with Gasteiger partial charge in [-0.3, -0.25) is 0 Å². The number of ether oxygens (including phenoxy) is 1. The van der Waals surface area contributed by atoms with E-state index in [2.05, 4.69) is 17.5 Å². The highest BCUT2D eigenvalue weighted by atomic mass is 32.1. The molecule has 3 saturated heterocycles. The van der Waals surface area contributed by atoms with Crippen LogP contribution in [0.15, 0.2) is 40.3 Å². The number of thiophene rings is 1. The number of nitrogens with zero attached hydrogens (tertiary/aromatic N) is 1. The quantitative estimate of drug-likeness (QED) is 0.481. The predicted octanol–water partition coefficient (Wildman–Crippen LogP) is 4.50. The Balaban J connectivity index is 1.27. The summed E-state index contributed by atoms with van der Waals surface area (Å²) >= 11 is 1.84. The lowest BCUT2D eigenvalue weighted by Crippen LogP contribution is -2.65. The zero-order chi connectivity index (χ0) is 21.3. The molecule has 6 heteroatoms. The Hall–Kier alpha value is -1.63. The lowest BCUT2D eigenvalue weighted by atomic mass is 9.81. The maximum atomic E-state index is 13.4. The molecule has 0 spiro atoms. The summed E-state index contributed by atoms with van der Waals surface area (Å²) in [6.45, 7) is 4.41. The van der Waals surface area contributed by atoms with E-state index in [0.29, 0.717) is 11.7 Å². The van der Waals surface area contributed by atoms with E-state index in [0.717, 1.165) is 62.5 Å². The third-order valence-electron chi connectivity index (χ3n) is 8.09. The number of piperidine rings is 3. The Morgan fingerprint density at radius 2 is 2.00 bits per heavy atom. The fraction of sp³-hybridized carbons (Fsp3) is 0.640. The van der Waals surface area contributed by atoms with Crippen molar-refractivity contribution in [2.24, 2.45) is 11.8 Å². The Bertz CT molecular complexity index is 850. The second-order valence-corrected chi connectivity index (χ2v) is 10.9. The Labute approximate surface area is 188 Å². The number of esters is 1. The van der Waals surface area contributed by atoms with Crippen LogP contribution < -0.4 is 0 Å². The largest absolute Gasteiger partial charge is 0.466 e. The first kappa shape index (κ1) is 21.2. The van der Waals surface area contributed by atoms with Gasteiger partial charge in [0, 0.05) is 36.0 Å². The van der Waals surface area contributed by atoms with Crippen molar-refractivity contribution in [2.45, 2.75) is 63.1 Å². The summed E-state index contributed by atoms with van der Waals surface area (Å²) in [5.74, 6) is 0.141. The molecule has 168 valence electrons. The van der Waals surface area contributed by atoms with E-state index in [1.807, 2.05) is 11.3 Å². The second-order valence-electron chi connectivity index (χ2n) is 9.88. The number of carbonyl (C=O) groups is 1. The fourth-order valence-electron chi connectivity index (χ4n) is 6.25. The summed E-state index contributed by atoms with van der Waals surface area (Å²) in [5.41, 5.74) is -1.66. The van der Waals surface area contributed by atoms with Gasteiger partial charge in [-0.25, -0.2) is 4.79 Å². The van der Waals surface area contributed by atoms with E-state index < -0.39 is 11.6 Å². The molecule has 1 saturated carbocycles. The smallest absolute Gasteiger partial charge is 0.346 e. The summed E-state index contributed by atoms with van der Waals surface area (Å²) in [6, 6.07) is 7.80. The molecule has 5 heterocycles. The molecule has 5 nitrogen and oxygen atoms in total. The number of aryl methyl sites for hydroxylation is 1. The molecule has 2 aromatic heterocycles. The average molecular weight is 445 g/mol. The summed E-state index contributed by atoms with van der Waals surface area (Å²) in [5, 5.41) is 13.7. The summed E-state index contributed by atoms with van der Waals surface area (Å²) in [6.07, 6.45) is 9.71. The number of rotatable bonds is 8. The zero-order valence-electron chi connectivity index (χ0n) is 18.2. The number of fused-ring (bicyclic) bond motifs is 3. The Morgan fingerprint density at radius 1 is 1.19 bits per heavy atom. The molecule has 0 unspecified atom stereocenters. The van der Waals surface area contributed by atoms with E-state index in [4.69, 9.17) is 9.15 Å². The minimum absolute atomic E-state index is 0.0976. The topological polar surface area (TPSA) is 59.7 Å². The van der Waals surface area contributed by atoms with Crippen LogP contribution in [-0.2, 0) is 21.6 Å². The molecule has 3 aliphatic heterocycles. The first-order chi connectivity index (χ1) is 15.1. The lowest BCUT2D eigenvalue weighted by Gasteiger charge is -2.52. The zero-order valence-corrected chi connectivity index (χ0v) is 19.0. The van der Waals surface area contributed by atoms with Crippen molar-refractivity contribution < 1.29 is 23.5 Å². The van der Waals surface area contributed by atoms with Crippen LogP contribution in [0.3, 0.4) is 0 Å².